The number of aryl methyl sites for hydroxylation is 1. The van der Waals surface area contributed by atoms with Crippen LogP contribution < -0.4 is 14.4 Å². The lowest BCUT2D eigenvalue weighted by molar-refractivity contribution is -0.139. The normalized spacial score (nSPS) is 12.7. The van der Waals surface area contributed by atoms with E-state index in [0.29, 0.717) is 11.4 Å². The fourth-order valence-corrected chi connectivity index (χ4v) is 5.91. The second kappa shape index (κ2) is 14.4. The van der Waals surface area contributed by atoms with E-state index in [1.807, 2.05) is 39.2 Å². The summed E-state index contributed by atoms with van der Waals surface area (Å²) in [6.45, 7) is 7.06. The van der Waals surface area contributed by atoms with Crippen molar-refractivity contribution >= 4 is 39.3 Å². The van der Waals surface area contributed by atoms with Gasteiger partial charge in [0, 0.05) is 17.5 Å². The van der Waals surface area contributed by atoms with Crippen molar-refractivity contribution in [2.75, 3.05) is 24.2 Å². The summed E-state index contributed by atoms with van der Waals surface area (Å²) in [6.07, 6.45) is 2.65. The van der Waals surface area contributed by atoms with E-state index in [9.17, 15) is 18.0 Å². The quantitative estimate of drug-likeness (QED) is 0.270. The van der Waals surface area contributed by atoms with Gasteiger partial charge in [-0.05, 0) is 87.5 Å². The van der Waals surface area contributed by atoms with Crippen molar-refractivity contribution in [1.29, 1.82) is 0 Å². The molecular formula is C31H39N3O5S2. The lowest BCUT2D eigenvalue weighted by atomic mass is 10.1. The van der Waals surface area contributed by atoms with Gasteiger partial charge in [0.1, 0.15) is 18.3 Å². The summed E-state index contributed by atoms with van der Waals surface area (Å²) < 4.78 is 34.3. The van der Waals surface area contributed by atoms with Gasteiger partial charge in [-0.25, -0.2) is 8.42 Å². The summed E-state index contributed by atoms with van der Waals surface area (Å²) in [4.78, 5) is 29.6. The average molecular weight is 598 g/mol. The molecule has 0 bridgehead atoms. The minimum Gasteiger partial charge on any atom is -0.497 e. The van der Waals surface area contributed by atoms with Crippen molar-refractivity contribution in [1.82, 2.24) is 10.2 Å². The third-order valence-corrected chi connectivity index (χ3v) is 9.46. The molecule has 0 unspecified atom stereocenters. The predicted octanol–water partition coefficient (Wildman–Crippen LogP) is 5.25. The molecule has 3 aromatic rings. The number of rotatable bonds is 13. The molecule has 0 saturated heterocycles. The van der Waals surface area contributed by atoms with E-state index < -0.39 is 28.5 Å². The smallest absolute Gasteiger partial charge is 0.264 e. The molecule has 10 heteroatoms. The van der Waals surface area contributed by atoms with E-state index in [-0.39, 0.29) is 23.4 Å². The Bertz CT molecular complexity index is 1410. The molecule has 2 amide bonds. The maximum atomic E-state index is 14.0. The summed E-state index contributed by atoms with van der Waals surface area (Å²) in [5.41, 5.74) is 2.09. The summed E-state index contributed by atoms with van der Waals surface area (Å²) in [7, 11) is -2.54. The van der Waals surface area contributed by atoms with Crippen molar-refractivity contribution in [2.45, 2.75) is 62.5 Å². The van der Waals surface area contributed by atoms with Gasteiger partial charge < -0.3 is 15.0 Å². The molecular weight excluding hydrogens is 558 g/mol. The van der Waals surface area contributed by atoms with Crippen molar-refractivity contribution in [3.05, 3.63) is 83.9 Å². The number of carbonyl (C=O) groups excluding carboxylic acids is 2. The lowest BCUT2D eigenvalue weighted by Gasteiger charge is -2.32. The topological polar surface area (TPSA) is 96.0 Å². The monoisotopic (exact) mass is 597 g/mol. The van der Waals surface area contributed by atoms with Gasteiger partial charge in [0.2, 0.25) is 11.8 Å². The minimum atomic E-state index is -4.11. The standard InChI is InChI=1S/C31H39N3O5S2/c1-7-23(3)32-31(36)24(4)33(20-25-10-14-27(39-5)15-11-25)30(35)21-34(26-12-8-22(2)9-13-26)41(37,38)29-18-16-28(40-6)17-19-29/h8-19,23-24H,7,20-21H2,1-6H3,(H,32,36)/t23-,24+/m1/s1. The zero-order chi connectivity index (χ0) is 30.2. The minimum absolute atomic E-state index is 0.0726. The number of sulfonamides is 1. The van der Waals surface area contributed by atoms with E-state index in [2.05, 4.69) is 5.32 Å². The Hall–Kier alpha value is -3.50. The average Bonchev–Trinajstić information content (AvgIpc) is 2.98. The van der Waals surface area contributed by atoms with Crippen LogP contribution in [0.3, 0.4) is 0 Å². The van der Waals surface area contributed by atoms with Crippen LogP contribution >= 0.6 is 11.8 Å². The van der Waals surface area contributed by atoms with Crippen molar-refractivity contribution in [3.8, 4) is 5.75 Å². The summed E-state index contributed by atoms with van der Waals surface area (Å²) in [6, 6.07) is 19.8. The van der Waals surface area contributed by atoms with Gasteiger partial charge in [-0.15, -0.1) is 11.8 Å². The second-order valence-electron chi connectivity index (χ2n) is 9.89. The van der Waals surface area contributed by atoms with Crippen LogP contribution in [0.4, 0.5) is 5.69 Å². The third kappa shape index (κ3) is 8.27. The molecule has 0 spiro atoms. The number of nitrogens with zero attached hydrogens (tertiary/aromatic N) is 2. The van der Waals surface area contributed by atoms with Crippen molar-refractivity contribution in [3.63, 3.8) is 0 Å². The lowest BCUT2D eigenvalue weighted by Crippen LogP contribution is -2.52. The highest BCUT2D eigenvalue weighted by atomic mass is 32.2. The SMILES string of the molecule is CC[C@@H](C)NC(=O)[C@H](C)N(Cc1ccc(OC)cc1)C(=O)CN(c1ccc(C)cc1)S(=O)(=O)c1ccc(SC)cc1. The van der Waals surface area contributed by atoms with E-state index in [0.717, 1.165) is 26.7 Å². The maximum Gasteiger partial charge on any atom is 0.264 e. The van der Waals surface area contributed by atoms with Crippen LogP contribution in [-0.4, -0.2) is 57.1 Å². The number of hydrogen-bond acceptors (Lipinski definition) is 6. The number of thioether (sulfide) groups is 1. The summed E-state index contributed by atoms with van der Waals surface area (Å²) in [5.74, 6) is -0.144. The van der Waals surface area contributed by atoms with Crippen molar-refractivity contribution in [2.24, 2.45) is 0 Å². The van der Waals surface area contributed by atoms with Crippen LogP contribution in [-0.2, 0) is 26.2 Å². The first-order valence-corrected chi connectivity index (χ1v) is 16.1. The number of ether oxygens (including phenoxy) is 1. The molecule has 41 heavy (non-hydrogen) atoms. The number of anilines is 1. The largest absolute Gasteiger partial charge is 0.497 e. The Labute approximate surface area is 248 Å². The van der Waals surface area contributed by atoms with Gasteiger partial charge in [0.25, 0.3) is 10.0 Å². The Balaban J connectivity index is 2.01. The molecule has 0 aliphatic rings. The molecule has 0 aliphatic heterocycles. The predicted molar refractivity (Wildman–Crippen MR) is 165 cm³/mol. The molecule has 8 nitrogen and oxygen atoms in total. The number of benzene rings is 3. The molecule has 0 radical (unpaired) electrons. The van der Waals surface area contributed by atoms with Crippen LogP contribution in [0.2, 0.25) is 0 Å². The van der Waals surface area contributed by atoms with E-state index in [1.54, 1.807) is 74.7 Å². The van der Waals surface area contributed by atoms with Crippen LogP contribution in [0, 0.1) is 6.92 Å². The van der Waals surface area contributed by atoms with E-state index in [4.69, 9.17) is 4.74 Å². The van der Waals surface area contributed by atoms with Crippen molar-refractivity contribution < 1.29 is 22.7 Å². The second-order valence-corrected chi connectivity index (χ2v) is 12.6. The Kier molecular flexibility index (Phi) is 11.3. The van der Waals surface area contributed by atoms with Gasteiger partial charge >= 0.3 is 0 Å². The van der Waals surface area contributed by atoms with Crippen LogP contribution in [0.1, 0.15) is 38.3 Å². The number of nitrogens with one attached hydrogen (secondary N) is 1. The van der Waals surface area contributed by atoms with E-state index in [1.165, 1.54) is 16.7 Å². The Morgan fingerprint density at radius 1 is 0.951 bits per heavy atom. The van der Waals surface area contributed by atoms with Crippen LogP contribution in [0.25, 0.3) is 0 Å². The number of amides is 2. The summed E-state index contributed by atoms with van der Waals surface area (Å²) >= 11 is 1.51. The molecule has 0 aliphatic carbocycles. The molecule has 220 valence electrons. The fourth-order valence-electron chi connectivity index (χ4n) is 4.09. The maximum absolute atomic E-state index is 14.0. The number of carbonyl (C=O) groups is 2. The van der Waals surface area contributed by atoms with Crippen LogP contribution in [0.5, 0.6) is 5.75 Å². The molecule has 0 saturated carbocycles. The highest BCUT2D eigenvalue weighted by Gasteiger charge is 2.32. The Morgan fingerprint density at radius 2 is 1.56 bits per heavy atom. The highest BCUT2D eigenvalue weighted by Crippen LogP contribution is 2.26. The third-order valence-electron chi connectivity index (χ3n) is 6.93. The molecule has 2 atom stereocenters. The fraction of sp³-hybridized carbons (Fsp3) is 0.355. The number of methoxy groups -OCH3 is 1. The highest BCUT2D eigenvalue weighted by molar-refractivity contribution is 7.98. The van der Waals surface area contributed by atoms with E-state index >= 15 is 0 Å². The van der Waals surface area contributed by atoms with Gasteiger partial charge in [0.15, 0.2) is 0 Å². The molecule has 0 aromatic heterocycles. The zero-order valence-electron chi connectivity index (χ0n) is 24.5. The first-order valence-electron chi connectivity index (χ1n) is 13.5. The molecule has 1 N–H and O–H groups in total. The van der Waals surface area contributed by atoms with Gasteiger partial charge in [-0.1, -0.05) is 36.8 Å². The number of hydrogen-bond donors (Lipinski definition) is 1. The van der Waals surface area contributed by atoms with Gasteiger partial charge in [-0.2, -0.15) is 0 Å². The van der Waals surface area contributed by atoms with Gasteiger partial charge in [-0.3, -0.25) is 13.9 Å². The first kappa shape index (κ1) is 32.0. The van der Waals surface area contributed by atoms with Gasteiger partial charge in [0.05, 0.1) is 17.7 Å². The Morgan fingerprint density at radius 3 is 2.10 bits per heavy atom. The molecule has 0 fully saturated rings. The molecule has 3 aromatic carbocycles. The van der Waals surface area contributed by atoms with Crippen LogP contribution in [0.15, 0.2) is 82.6 Å². The zero-order valence-corrected chi connectivity index (χ0v) is 26.1. The summed E-state index contributed by atoms with van der Waals surface area (Å²) in [5, 5.41) is 2.94. The molecule has 3 rings (SSSR count). The first-order chi connectivity index (χ1) is 19.5. The molecule has 0 heterocycles.